The van der Waals surface area contributed by atoms with Gasteiger partial charge in [0.15, 0.2) is 0 Å². The molecular weight excluding hydrogens is 236 g/mol. The molecular formula is C16H34N2O. The van der Waals surface area contributed by atoms with Crippen LogP contribution < -0.4 is 5.32 Å². The van der Waals surface area contributed by atoms with Crippen LogP contribution in [-0.4, -0.2) is 49.8 Å². The Bertz CT molecular complexity index is 257. The van der Waals surface area contributed by atoms with E-state index in [0.717, 1.165) is 25.6 Å². The van der Waals surface area contributed by atoms with E-state index in [-0.39, 0.29) is 5.60 Å². The average Bonchev–Trinajstić information content (AvgIpc) is 2.37. The normalized spacial score (nSPS) is 28.6. The second-order valence-electron chi connectivity index (χ2n) is 7.00. The van der Waals surface area contributed by atoms with Gasteiger partial charge in [-0.05, 0) is 58.2 Å². The minimum Gasteiger partial charge on any atom is -0.377 e. The number of rotatable bonds is 7. The molecule has 0 spiro atoms. The van der Waals surface area contributed by atoms with Gasteiger partial charge in [-0.2, -0.15) is 0 Å². The molecule has 114 valence electrons. The Kier molecular flexibility index (Phi) is 6.78. The standard InChI is InChI=1S/C16H34N2O/c1-13(2)10-17-11-14(3)15(4)18-9-7-8-16(5,12-18)19-6/h13-15,17H,7-12H2,1-6H3. The Balaban J connectivity index is 2.40. The molecule has 0 aromatic carbocycles. The first kappa shape index (κ1) is 16.9. The van der Waals surface area contributed by atoms with E-state index in [9.17, 15) is 0 Å². The summed E-state index contributed by atoms with van der Waals surface area (Å²) in [7, 11) is 1.85. The SMILES string of the molecule is COC1(C)CCCN(C(C)C(C)CNCC(C)C)C1. The summed E-state index contributed by atoms with van der Waals surface area (Å²) in [4.78, 5) is 2.61. The zero-order chi connectivity index (χ0) is 14.5. The second kappa shape index (κ2) is 7.61. The smallest absolute Gasteiger partial charge is 0.0777 e. The Morgan fingerprint density at radius 2 is 1.89 bits per heavy atom. The van der Waals surface area contributed by atoms with Crippen LogP contribution in [0.1, 0.15) is 47.5 Å². The van der Waals surface area contributed by atoms with Gasteiger partial charge >= 0.3 is 0 Å². The predicted molar refractivity (Wildman–Crippen MR) is 82.6 cm³/mol. The van der Waals surface area contributed by atoms with Gasteiger partial charge in [-0.3, -0.25) is 4.90 Å². The Morgan fingerprint density at radius 1 is 1.21 bits per heavy atom. The van der Waals surface area contributed by atoms with E-state index in [4.69, 9.17) is 4.74 Å². The molecule has 1 aliphatic heterocycles. The summed E-state index contributed by atoms with van der Waals surface area (Å²) < 4.78 is 5.69. The minimum absolute atomic E-state index is 0.0532. The van der Waals surface area contributed by atoms with Crippen molar-refractivity contribution in [2.45, 2.75) is 59.1 Å². The number of hydrogen-bond acceptors (Lipinski definition) is 3. The summed E-state index contributed by atoms with van der Waals surface area (Å²) in [5.74, 6) is 1.41. The Labute approximate surface area is 120 Å². The Morgan fingerprint density at radius 3 is 2.47 bits per heavy atom. The fourth-order valence-electron chi connectivity index (χ4n) is 2.89. The van der Waals surface area contributed by atoms with Gasteiger partial charge in [-0.25, -0.2) is 0 Å². The van der Waals surface area contributed by atoms with Crippen LogP contribution >= 0.6 is 0 Å². The highest BCUT2D eigenvalue weighted by Crippen LogP contribution is 2.26. The maximum absolute atomic E-state index is 5.69. The van der Waals surface area contributed by atoms with Gasteiger partial charge < -0.3 is 10.1 Å². The van der Waals surface area contributed by atoms with Crippen LogP contribution in [0.4, 0.5) is 0 Å². The van der Waals surface area contributed by atoms with Crippen molar-refractivity contribution in [3.8, 4) is 0 Å². The van der Waals surface area contributed by atoms with Gasteiger partial charge in [-0.15, -0.1) is 0 Å². The van der Waals surface area contributed by atoms with Gasteiger partial charge in [0.05, 0.1) is 5.60 Å². The number of ether oxygens (including phenoxy) is 1. The highest BCUT2D eigenvalue weighted by Gasteiger charge is 2.33. The molecule has 0 aromatic heterocycles. The molecule has 0 aromatic rings. The van der Waals surface area contributed by atoms with E-state index in [1.165, 1.54) is 19.4 Å². The van der Waals surface area contributed by atoms with Crippen molar-refractivity contribution in [3.05, 3.63) is 0 Å². The highest BCUT2D eigenvalue weighted by molar-refractivity contribution is 4.88. The summed E-state index contributed by atoms with van der Waals surface area (Å²) in [6.07, 6.45) is 2.44. The summed E-state index contributed by atoms with van der Waals surface area (Å²) in [5.41, 5.74) is 0.0532. The average molecular weight is 270 g/mol. The first-order valence-corrected chi connectivity index (χ1v) is 7.88. The third-order valence-electron chi connectivity index (χ3n) is 4.60. The number of nitrogens with zero attached hydrogens (tertiary/aromatic N) is 1. The van der Waals surface area contributed by atoms with Crippen LogP contribution in [0.2, 0.25) is 0 Å². The number of piperidine rings is 1. The van der Waals surface area contributed by atoms with Gasteiger partial charge in [-0.1, -0.05) is 20.8 Å². The van der Waals surface area contributed by atoms with Crippen molar-refractivity contribution in [2.24, 2.45) is 11.8 Å². The monoisotopic (exact) mass is 270 g/mol. The number of nitrogens with one attached hydrogen (secondary N) is 1. The zero-order valence-electron chi connectivity index (χ0n) is 13.8. The molecule has 19 heavy (non-hydrogen) atoms. The molecule has 1 saturated heterocycles. The molecule has 0 radical (unpaired) electrons. The van der Waals surface area contributed by atoms with Crippen molar-refractivity contribution >= 4 is 0 Å². The van der Waals surface area contributed by atoms with Crippen LogP contribution in [0.3, 0.4) is 0 Å². The Hall–Kier alpha value is -0.120. The maximum Gasteiger partial charge on any atom is 0.0777 e. The van der Waals surface area contributed by atoms with Gasteiger partial charge in [0.1, 0.15) is 0 Å². The summed E-state index contributed by atoms with van der Waals surface area (Å²) in [6.45, 7) is 16.0. The van der Waals surface area contributed by atoms with E-state index in [1.807, 2.05) is 7.11 Å². The van der Waals surface area contributed by atoms with Gasteiger partial charge in [0.25, 0.3) is 0 Å². The molecule has 3 heteroatoms. The molecule has 1 fully saturated rings. The lowest BCUT2D eigenvalue weighted by Crippen LogP contribution is -2.53. The molecule has 1 heterocycles. The van der Waals surface area contributed by atoms with E-state index in [0.29, 0.717) is 12.0 Å². The van der Waals surface area contributed by atoms with Crippen molar-refractivity contribution in [2.75, 3.05) is 33.3 Å². The fraction of sp³-hybridized carbons (Fsp3) is 1.00. The van der Waals surface area contributed by atoms with Gasteiger partial charge in [0.2, 0.25) is 0 Å². The number of likely N-dealkylation sites (tertiary alicyclic amines) is 1. The van der Waals surface area contributed by atoms with Crippen LogP contribution in [-0.2, 0) is 4.74 Å². The van der Waals surface area contributed by atoms with E-state index < -0.39 is 0 Å². The van der Waals surface area contributed by atoms with Crippen molar-refractivity contribution in [1.82, 2.24) is 10.2 Å². The lowest BCUT2D eigenvalue weighted by molar-refractivity contribution is -0.0644. The molecule has 0 saturated carbocycles. The lowest BCUT2D eigenvalue weighted by Gasteiger charge is -2.44. The molecule has 3 atom stereocenters. The molecule has 3 unspecified atom stereocenters. The molecule has 1 N–H and O–H groups in total. The summed E-state index contributed by atoms with van der Waals surface area (Å²) in [6, 6.07) is 0.620. The highest BCUT2D eigenvalue weighted by atomic mass is 16.5. The molecule has 1 aliphatic rings. The summed E-state index contributed by atoms with van der Waals surface area (Å²) in [5, 5.41) is 3.58. The van der Waals surface area contributed by atoms with Crippen molar-refractivity contribution in [1.29, 1.82) is 0 Å². The zero-order valence-corrected chi connectivity index (χ0v) is 13.8. The first-order chi connectivity index (χ1) is 8.88. The van der Waals surface area contributed by atoms with E-state index in [1.54, 1.807) is 0 Å². The topological polar surface area (TPSA) is 24.5 Å². The summed E-state index contributed by atoms with van der Waals surface area (Å²) >= 11 is 0. The number of methoxy groups -OCH3 is 1. The molecule has 0 aliphatic carbocycles. The minimum atomic E-state index is 0.0532. The molecule has 1 rings (SSSR count). The van der Waals surface area contributed by atoms with Crippen LogP contribution in [0.5, 0.6) is 0 Å². The van der Waals surface area contributed by atoms with Crippen molar-refractivity contribution in [3.63, 3.8) is 0 Å². The van der Waals surface area contributed by atoms with Crippen LogP contribution in [0.25, 0.3) is 0 Å². The van der Waals surface area contributed by atoms with E-state index in [2.05, 4.69) is 44.8 Å². The van der Waals surface area contributed by atoms with Crippen LogP contribution in [0, 0.1) is 11.8 Å². The lowest BCUT2D eigenvalue weighted by atomic mass is 9.91. The molecule has 0 amide bonds. The van der Waals surface area contributed by atoms with Gasteiger partial charge in [0, 0.05) is 19.7 Å². The quantitative estimate of drug-likeness (QED) is 0.770. The fourth-order valence-corrected chi connectivity index (χ4v) is 2.89. The van der Waals surface area contributed by atoms with Crippen LogP contribution in [0.15, 0.2) is 0 Å². The first-order valence-electron chi connectivity index (χ1n) is 7.88. The predicted octanol–water partition coefficient (Wildman–Crippen LogP) is 2.76. The largest absolute Gasteiger partial charge is 0.377 e. The van der Waals surface area contributed by atoms with Crippen molar-refractivity contribution < 1.29 is 4.74 Å². The molecule has 0 bridgehead atoms. The van der Waals surface area contributed by atoms with E-state index >= 15 is 0 Å². The maximum atomic E-state index is 5.69. The third-order valence-corrected chi connectivity index (χ3v) is 4.60. The second-order valence-corrected chi connectivity index (χ2v) is 7.00. The number of hydrogen-bond donors (Lipinski definition) is 1. The molecule has 3 nitrogen and oxygen atoms in total. The third kappa shape index (κ3) is 5.41.